The number of rotatable bonds is 13. The average molecular weight is 448 g/mol. The lowest BCUT2D eigenvalue weighted by Gasteiger charge is -2.11. The van der Waals surface area contributed by atoms with Crippen LogP contribution in [0.4, 0.5) is 0 Å². The molecule has 1 aliphatic rings. The molecule has 5 nitrogen and oxygen atoms in total. The van der Waals surface area contributed by atoms with Crippen LogP contribution in [0.15, 0.2) is 49.1 Å². The van der Waals surface area contributed by atoms with Crippen LogP contribution in [-0.4, -0.2) is 17.8 Å². The van der Waals surface area contributed by atoms with Crippen molar-refractivity contribution in [3.63, 3.8) is 0 Å². The van der Waals surface area contributed by atoms with Crippen molar-refractivity contribution in [1.29, 1.82) is 0 Å². The number of benzene rings is 2. The molecular formula is C28H33NO4. The third-order valence-corrected chi connectivity index (χ3v) is 6.10. The summed E-state index contributed by atoms with van der Waals surface area (Å²) >= 11 is 0. The molecule has 1 heterocycles. The fourth-order valence-electron chi connectivity index (χ4n) is 4.20. The number of esters is 1. The van der Waals surface area contributed by atoms with E-state index in [2.05, 4.69) is 24.0 Å². The summed E-state index contributed by atoms with van der Waals surface area (Å²) < 4.78 is 5.47. The highest BCUT2D eigenvalue weighted by Crippen LogP contribution is 2.21. The number of imide groups is 1. The van der Waals surface area contributed by atoms with E-state index < -0.39 is 17.8 Å². The highest BCUT2D eigenvalue weighted by Gasteiger charge is 2.29. The normalized spacial score (nSPS) is 12.4. The molecular weight excluding hydrogens is 414 g/mol. The molecule has 2 amide bonds. The third kappa shape index (κ3) is 6.88. The second-order valence-electron chi connectivity index (χ2n) is 8.67. The van der Waals surface area contributed by atoms with Gasteiger partial charge in [-0.1, -0.05) is 62.1 Å². The highest BCUT2D eigenvalue weighted by atomic mass is 16.5. The van der Waals surface area contributed by atoms with Crippen LogP contribution in [0.5, 0.6) is 0 Å². The van der Waals surface area contributed by atoms with Crippen LogP contribution in [0.1, 0.15) is 87.9 Å². The minimum absolute atomic E-state index is 0.0470. The number of amides is 2. The lowest BCUT2D eigenvalue weighted by atomic mass is 10.00. The molecule has 2 aromatic carbocycles. The zero-order chi connectivity index (χ0) is 23.6. The Balaban J connectivity index is 1.44. The molecule has 0 atom stereocenters. The first-order chi connectivity index (χ1) is 16.0. The van der Waals surface area contributed by atoms with Gasteiger partial charge in [0.05, 0.1) is 17.5 Å². The van der Waals surface area contributed by atoms with Crippen molar-refractivity contribution >= 4 is 17.8 Å². The highest BCUT2D eigenvalue weighted by molar-refractivity contribution is 6.22. The Bertz CT molecular complexity index is 1020. The maximum absolute atomic E-state index is 12.4. The molecule has 3 rings (SSSR count). The molecule has 0 aromatic heterocycles. The van der Waals surface area contributed by atoms with E-state index in [1.165, 1.54) is 44.1 Å². The van der Waals surface area contributed by atoms with Crippen LogP contribution in [0.2, 0.25) is 0 Å². The summed E-state index contributed by atoms with van der Waals surface area (Å²) in [4.78, 5) is 36.2. The summed E-state index contributed by atoms with van der Waals surface area (Å²) in [5.74, 6) is -1.31. The Morgan fingerprint density at radius 2 is 1.73 bits per heavy atom. The van der Waals surface area contributed by atoms with Gasteiger partial charge in [0.2, 0.25) is 0 Å². The topological polar surface area (TPSA) is 72.5 Å². The number of allylic oxidation sites excluding steroid dienone is 1. The molecule has 2 aromatic rings. The van der Waals surface area contributed by atoms with Crippen LogP contribution in [-0.2, 0) is 29.0 Å². The smallest absolute Gasteiger partial charge is 0.310 e. The first-order valence-corrected chi connectivity index (χ1v) is 11.8. The van der Waals surface area contributed by atoms with Gasteiger partial charge in [0, 0.05) is 0 Å². The maximum atomic E-state index is 12.4. The van der Waals surface area contributed by atoms with E-state index in [1.54, 1.807) is 18.2 Å². The van der Waals surface area contributed by atoms with Crippen molar-refractivity contribution in [2.24, 2.45) is 0 Å². The largest absolute Gasteiger partial charge is 0.461 e. The standard InChI is InChI=1S/C28H33NO4/c1-3-4-5-6-7-8-9-10-12-21-15-16-23(20(2)17-21)19-33-25(30)18-22-13-11-14-24-26(22)28(32)29-27(24)31/h3,11,13-17H,1,4-10,12,18-19H2,2H3,(H,29,31,32). The Hall–Kier alpha value is -3.21. The molecule has 33 heavy (non-hydrogen) atoms. The van der Waals surface area contributed by atoms with Crippen LogP contribution >= 0.6 is 0 Å². The molecule has 1 N–H and O–H groups in total. The Labute approximate surface area is 196 Å². The molecule has 0 unspecified atom stereocenters. The fourth-order valence-corrected chi connectivity index (χ4v) is 4.20. The summed E-state index contributed by atoms with van der Waals surface area (Å²) in [5, 5.41) is 2.26. The summed E-state index contributed by atoms with van der Waals surface area (Å²) in [6.07, 6.45) is 11.7. The van der Waals surface area contributed by atoms with E-state index >= 15 is 0 Å². The van der Waals surface area contributed by atoms with Crippen molar-refractivity contribution in [2.75, 3.05) is 0 Å². The second kappa shape index (κ2) is 12.1. The van der Waals surface area contributed by atoms with E-state index in [0.29, 0.717) is 11.1 Å². The quantitative estimate of drug-likeness (QED) is 0.187. The number of nitrogens with one attached hydrogen (secondary N) is 1. The molecule has 0 spiro atoms. The van der Waals surface area contributed by atoms with Gasteiger partial charge >= 0.3 is 5.97 Å². The molecule has 174 valence electrons. The number of carbonyl (C=O) groups is 3. The number of hydrogen-bond donors (Lipinski definition) is 1. The number of aryl methyl sites for hydroxylation is 2. The van der Waals surface area contributed by atoms with Gasteiger partial charge in [-0.3, -0.25) is 19.7 Å². The van der Waals surface area contributed by atoms with Gasteiger partial charge in [0.1, 0.15) is 6.61 Å². The van der Waals surface area contributed by atoms with Crippen molar-refractivity contribution in [1.82, 2.24) is 5.32 Å². The lowest BCUT2D eigenvalue weighted by Crippen LogP contribution is -2.20. The molecule has 0 bridgehead atoms. The Morgan fingerprint density at radius 3 is 2.48 bits per heavy atom. The minimum Gasteiger partial charge on any atom is -0.461 e. The Kier molecular flexibility index (Phi) is 8.99. The predicted molar refractivity (Wildman–Crippen MR) is 129 cm³/mol. The fraction of sp³-hybridized carbons (Fsp3) is 0.393. The zero-order valence-corrected chi connectivity index (χ0v) is 19.5. The van der Waals surface area contributed by atoms with Gasteiger partial charge < -0.3 is 4.74 Å². The summed E-state index contributed by atoms with van der Waals surface area (Å²) in [6.45, 7) is 5.98. The van der Waals surface area contributed by atoms with E-state index in [1.807, 2.05) is 19.1 Å². The first-order valence-electron chi connectivity index (χ1n) is 11.8. The SMILES string of the molecule is C=CCCCCCCCCc1ccc(COC(=O)Cc2cccc3c2C(=O)NC3=O)c(C)c1. The number of ether oxygens (including phenoxy) is 1. The molecule has 0 aliphatic carbocycles. The molecule has 1 aliphatic heterocycles. The van der Waals surface area contributed by atoms with E-state index in [9.17, 15) is 14.4 Å². The molecule has 5 heteroatoms. The minimum atomic E-state index is -0.461. The van der Waals surface area contributed by atoms with E-state index in [-0.39, 0.29) is 18.6 Å². The van der Waals surface area contributed by atoms with E-state index in [0.717, 1.165) is 24.0 Å². The molecule has 0 saturated heterocycles. The third-order valence-electron chi connectivity index (χ3n) is 6.10. The summed E-state index contributed by atoms with van der Waals surface area (Å²) in [7, 11) is 0. The summed E-state index contributed by atoms with van der Waals surface area (Å²) in [6, 6.07) is 11.2. The van der Waals surface area contributed by atoms with Crippen molar-refractivity contribution in [3.05, 3.63) is 82.4 Å². The van der Waals surface area contributed by atoms with Crippen molar-refractivity contribution in [3.8, 4) is 0 Å². The number of carbonyl (C=O) groups excluding carboxylic acids is 3. The molecule has 0 fully saturated rings. The van der Waals surface area contributed by atoms with Crippen LogP contribution < -0.4 is 5.32 Å². The lowest BCUT2D eigenvalue weighted by molar-refractivity contribution is -0.144. The van der Waals surface area contributed by atoms with Crippen LogP contribution in [0, 0.1) is 6.92 Å². The van der Waals surface area contributed by atoms with Crippen LogP contribution in [0.3, 0.4) is 0 Å². The van der Waals surface area contributed by atoms with Crippen molar-refractivity contribution in [2.45, 2.75) is 71.3 Å². The van der Waals surface area contributed by atoms with Gasteiger partial charge in [0.25, 0.3) is 11.8 Å². The van der Waals surface area contributed by atoms with Crippen molar-refractivity contribution < 1.29 is 19.1 Å². The average Bonchev–Trinajstić information content (AvgIpc) is 3.09. The molecule has 0 saturated carbocycles. The monoisotopic (exact) mass is 447 g/mol. The first kappa shape index (κ1) is 24.4. The number of fused-ring (bicyclic) bond motifs is 1. The number of unbranched alkanes of at least 4 members (excludes halogenated alkanes) is 6. The van der Waals surface area contributed by atoms with E-state index in [4.69, 9.17) is 4.74 Å². The second-order valence-corrected chi connectivity index (χ2v) is 8.67. The van der Waals surface area contributed by atoms with Crippen LogP contribution in [0.25, 0.3) is 0 Å². The molecule has 0 radical (unpaired) electrons. The van der Waals surface area contributed by atoms with Gasteiger partial charge in [-0.15, -0.1) is 6.58 Å². The van der Waals surface area contributed by atoms with Gasteiger partial charge in [0.15, 0.2) is 0 Å². The maximum Gasteiger partial charge on any atom is 0.310 e. The van der Waals surface area contributed by atoms with Gasteiger partial charge in [-0.2, -0.15) is 0 Å². The zero-order valence-electron chi connectivity index (χ0n) is 19.5. The predicted octanol–water partition coefficient (Wildman–Crippen LogP) is 5.62. The Morgan fingerprint density at radius 1 is 0.970 bits per heavy atom. The summed E-state index contributed by atoms with van der Waals surface area (Å²) in [5.41, 5.74) is 4.48. The van der Waals surface area contributed by atoms with Gasteiger partial charge in [-0.05, 0) is 60.9 Å². The van der Waals surface area contributed by atoms with Gasteiger partial charge in [-0.25, -0.2) is 0 Å². The number of hydrogen-bond acceptors (Lipinski definition) is 4.